The average Bonchev–Trinajstić information content (AvgIpc) is 3.42. The van der Waals surface area contributed by atoms with E-state index in [1.54, 1.807) is 38.3 Å². The van der Waals surface area contributed by atoms with Crippen LogP contribution in [0.2, 0.25) is 5.02 Å². The minimum Gasteiger partial charge on any atom is -0.485 e. The summed E-state index contributed by atoms with van der Waals surface area (Å²) in [4.78, 5) is 1.43. The Hall–Kier alpha value is -2.83. The summed E-state index contributed by atoms with van der Waals surface area (Å²) in [6.45, 7) is 0.426. The molecule has 13 heteroatoms. The third kappa shape index (κ3) is 3.07. The van der Waals surface area contributed by atoms with Crippen LogP contribution in [0.3, 0.4) is 0 Å². The Bertz CT molecular complexity index is 1230. The van der Waals surface area contributed by atoms with Gasteiger partial charge in [0.25, 0.3) is 0 Å². The molecule has 4 aromatic heterocycles. The molecule has 0 unspecified atom stereocenters. The molecule has 0 saturated carbocycles. The summed E-state index contributed by atoms with van der Waals surface area (Å²) < 4.78 is 14.7. The van der Waals surface area contributed by atoms with Gasteiger partial charge in [0.05, 0.1) is 5.02 Å². The number of halogens is 1. The molecule has 0 aliphatic carbocycles. The van der Waals surface area contributed by atoms with Crippen molar-refractivity contribution < 1.29 is 9.47 Å². The molecule has 0 saturated heterocycles. The molecule has 0 fully saturated rings. The van der Waals surface area contributed by atoms with Gasteiger partial charge in [-0.25, -0.2) is 0 Å². The lowest BCUT2D eigenvalue weighted by atomic mass is 10.3. The normalized spacial score (nSPS) is 11.4. The van der Waals surface area contributed by atoms with E-state index in [-0.39, 0.29) is 13.2 Å². The van der Waals surface area contributed by atoms with Crippen molar-refractivity contribution in [3.63, 3.8) is 0 Å². The van der Waals surface area contributed by atoms with E-state index in [1.165, 1.54) is 22.7 Å². The van der Waals surface area contributed by atoms with Gasteiger partial charge in [0.2, 0.25) is 9.92 Å². The molecule has 0 radical (unpaired) electrons. The van der Waals surface area contributed by atoms with Gasteiger partial charge in [-0.3, -0.25) is 0 Å². The molecule has 10 nitrogen and oxygen atoms in total. The Labute approximate surface area is 164 Å². The topological polar surface area (TPSA) is 105 Å². The molecule has 0 N–H and O–H groups in total. The molecule has 0 aliphatic rings. The Morgan fingerprint density at radius 2 is 1.48 bits per heavy atom. The Balaban J connectivity index is 1.26. The largest absolute Gasteiger partial charge is 0.485 e. The van der Waals surface area contributed by atoms with Gasteiger partial charge in [-0.05, 0) is 12.1 Å². The number of aromatic nitrogens is 8. The first-order valence-electron chi connectivity index (χ1n) is 7.60. The first-order chi connectivity index (χ1) is 13.3. The van der Waals surface area contributed by atoms with Crippen molar-refractivity contribution in [1.82, 2.24) is 39.6 Å². The summed E-state index contributed by atoms with van der Waals surface area (Å²) in [6.07, 6.45) is 0. The second-order valence-electron chi connectivity index (χ2n) is 5.27. The van der Waals surface area contributed by atoms with Crippen molar-refractivity contribution in [2.75, 3.05) is 0 Å². The molecule has 1 aromatic carbocycles. The smallest absolute Gasteiger partial charge is 0.234 e. The minimum atomic E-state index is 0.201. The van der Waals surface area contributed by atoms with Crippen molar-refractivity contribution in [1.29, 1.82) is 0 Å². The van der Waals surface area contributed by atoms with E-state index >= 15 is 0 Å². The molecule has 0 bridgehead atoms. The lowest BCUT2D eigenvalue weighted by Gasteiger charge is -2.09. The van der Waals surface area contributed by atoms with Crippen LogP contribution >= 0.6 is 34.3 Å². The Morgan fingerprint density at radius 3 is 2.11 bits per heavy atom. The molecule has 27 heavy (non-hydrogen) atoms. The molecule has 5 aromatic rings. The fraction of sp³-hybridized carbons (Fsp3) is 0.143. The van der Waals surface area contributed by atoms with Gasteiger partial charge in [-0.15, -0.1) is 20.4 Å². The number of rotatable bonds is 6. The van der Waals surface area contributed by atoms with Crippen molar-refractivity contribution in [3.8, 4) is 11.5 Å². The first kappa shape index (κ1) is 16.4. The number of benzene rings is 1. The molecular formula is C14H9ClN8O2S2. The quantitative estimate of drug-likeness (QED) is 0.412. The van der Waals surface area contributed by atoms with Crippen LogP contribution in [0.15, 0.2) is 29.2 Å². The van der Waals surface area contributed by atoms with Crippen LogP contribution in [0.25, 0.3) is 9.92 Å². The molecule has 136 valence electrons. The summed E-state index contributed by atoms with van der Waals surface area (Å²) in [5.74, 6) is 2.31. The van der Waals surface area contributed by atoms with Crippen LogP contribution in [0, 0.1) is 0 Å². The van der Waals surface area contributed by atoms with E-state index in [0.717, 1.165) is 4.96 Å². The molecule has 4 heterocycles. The fourth-order valence-electron chi connectivity index (χ4n) is 2.36. The van der Waals surface area contributed by atoms with Gasteiger partial charge in [0.1, 0.15) is 35.7 Å². The van der Waals surface area contributed by atoms with Crippen LogP contribution < -0.4 is 9.47 Å². The van der Waals surface area contributed by atoms with Crippen LogP contribution in [0.1, 0.15) is 11.6 Å². The van der Waals surface area contributed by atoms with E-state index in [0.29, 0.717) is 33.1 Å². The molecular weight excluding hydrogens is 412 g/mol. The lowest BCUT2D eigenvalue weighted by molar-refractivity contribution is 0.284. The van der Waals surface area contributed by atoms with Crippen molar-refractivity contribution in [2.24, 2.45) is 0 Å². The zero-order chi connectivity index (χ0) is 18.2. The zero-order valence-corrected chi connectivity index (χ0v) is 15.8. The standard InChI is InChI=1S/C14H9ClN8O2S2/c15-9-3-8(24-4-11-18-20-13-22(11)16-6-26-13)1-2-10(9)25-5-12-19-21-14-23(12)17-7-27-14/h1-3,6-7H,4-5H2. The summed E-state index contributed by atoms with van der Waals surface area (Å²) >= 11 is 9.11. The van der Waals surface area contributed by atoms with Crippen molar-refractivity contribution in [3.05, 3.63) is 45.9 Å². The van der Waals surface area contributed by atoms with Crippen molar-refractivity contribution in [2.45, 2.75) is 13.2 Å². The van der Waals surface area contributed by atoms with Gasteiger partial charge in [0, 0.05) is 6.07 Å². The second kappa shape index (κ2) is 6.72. The fourth-order valence-corrected chi connectivity index (χ4v) is 3.74. The number of ether oxygens (including phenoxy) is 2. The number of nitrogens with zero attached hydrogens (tertiary/aromatic N) is 8. The van der Waals surface area contributed by atoms with Crippen LogP contribution in [0.4, 0.5) is 0 Å². The average molecular weight is 421 g/mol. The van der Waals surface area contributed by atoms with Crippen LogP contribution in [-0.2, 0) is 13.2 Å². The molecule has 0 aliphatic heterocycles. The highest BCUT2D eigenvalue weighted by Crippen LogP contribution is 2.29. The van der Waals surface area contributed by atoms with E-state index in [2.05, 4.69) is 30.6 Å². The number of hydrogen-bond donors (Lipinski definition) is 0. The predicted octanol–water partition coefficient (Wildman–Crippen LogP) is 2.50. The van der Waals surface area contributed by atoms with Gasteiger partial charge >= 0.3 is 0 Å². The molecule has 5 rings (SSSR count). The van der Waals surface area contributed by atoms with E-state index in [9.17, 15) is 0 Å². The van der Waals surface area contributed by atoms with Crippen LogP contribution in [-0.4, -0.2) is 39.6 Å². The molecule has 0 amide bonds. The van der Waals surface area contributed by atoms with Gasteiger partial charge in [-0.2, -0.15) is 19.2 Å². The monoisotopic (exact) mass is 420 g/mol. The second-order valence-corrected chi connectivity index (χ2v) is 7.30. The third-order valence-corrected chi connectivity index (χ3v) is 5.25. The maximum Gasteiger partial charge on any atom is 0.234 e. The van der Waals surface area contributed by atoms with Gasteiger partial charge < -0.3 is 9.47 Å². The number of fused-ring (bicyclic) bond motifs is 2. The highest BCUT2D eigenvalue weighted by molar-refractivity contribution is 7.15. The highest BCUT2D eigenvalue weighted by atomic mass is 35.5. The summed E-state index contributed by atoms with van der Waals surface area (Å²) in [7, 11) is 0. The molecule has 0 spiro atoms. The van der Waals surface area contributed by atoms with Crippen molar-refractivity contribution >= 4 is 44.2 Å². The van der Waals surface area contributed by atoms with Gasteiger partial charge in [0.15, 0.2) is 11.6 Å². The van der Waals surface area contributed by atoms with E-state index in [4.69, 9.17) is 21.1 Å². The lowest BCUT2D eigenvalue weighted by Crippen LogP contribution is -2.03. The summed E-state index contributed by atoms with van der Waals surface area (Å²) in [5.41, 5.74) is 3.40. The number of hydrogen-bond acceptors (Lipinski definition) is 10. The Kier molecular flexibility index (Phi) is 4.07. The maximum absolute atomic E-state index is 6.30. The highest BCUT2D eigenvalue weighted by Gasteiger charge is 2.12. The maximum atomic E-state index is 6.30. The summed E-state index contributed by atoms with van der Waals surface area (Å²) in [5, 5.41) is 24.8. The summed E-state index contributed by atoms with van der Waals surface area (Å²) in [6, 6.07) is 5.18. The first-order valence-corrected chi connectivity index (χ1v) is 9.74. The van der Waals surface area contributed by atoms with E-state index < -0.39 is 0 Å². The molecule has 0 atom stereocenters. The predicted molar refractivity (Wildman–Crippen MR) is 97.4 cm³/mol. The Morgan fingerprint density at radius 1 is 0.852 bits per heavy atom. The SMILES string of the molecule is Clc1cc(OCc2nnc3scnn23)ccc1OCc1nnc2scnn12. The van der Waals surface area contributed by atoms with Crippen LogP contribution in [0.5, 0.6) is 11.5 Å². The minimum absolute atomic E-state index is 0.201. The third-order valence-electron chi connectivity index (χ3n) is 3.62. The zero-order valence-electron chi connectivity index (χ0n) is 13.4. The van der Waals surface area contributed by atoms with E-state index in [1.807, 2.05) is 0 Å². The van der Waals surface area contributed by atoms with Gasteiger partial charge in [-0.1, -0.05) is 34.3 Å².